The Balaban J connectivity index is 1.99. The van der Waals surface area contributed by atoms with Crippen molar-refractivity contribution in [1.82, 2.24) is 15.1 Å². The maximum absolute atomic E-state index is 10.4. The highest BCUT2D eigenvalue weighted by Crippen LogP contribution is 2.24. The number of aliphatic hydroxyl groups is 1. The number of hydrogen-bond acceptors (Lipinski definition) is 4. The maximum Gasteiger partial charge on any atom is 0.0815 e. The third kappa shape index (κ3) is 3.16. The van der Waals surface area contributed by atoms with Crippen LogP contribution in [0.3, 0.4) is 0 Å². The zero-order valence-corrected chi connectivity index (χ0v) is 12.4. The van der Waals surface area contributed by atoms with Gasteiger partial charge in [0.15, 0.2) is 0 Å². The molecule has 1 aromatic rings. The Morgan fingerprint density at radius 3 is 2.58 bits per heavy atom. The molecule has 2 rings (SSSR count). The molecule has 108 valence electrons. The van der Waals surface area contributed by atoms with Crippen molar-refractivity contribution in [3.63, 3.8) is 0 Å². The third-order valence-electron chi connectivity index (χ3n) is 4.16. The molecule has 1 saturated heterocycles. The van der Waals surface area contributed by atoms with Crippen molar-refractivity contribution in [2.75, 3.05) is 19.8 Å². The van der Waals surface area contributed by atoms with Crippen LogP contribution in [0.4, 0.5) is 0 Å². The number of nitrogens with one attached hydrogen (secondary N) is 1. The summed E-state index contributed by atoms with van der Waals surface area (Å²) in [6.45, 7) is 8.14. The second-order valence-corrected chi connectivity index (χ2v) is 5.65. The van der Waals surface area contributed by atoms with E-state index in [4.69, 9.17) is 4.74 Å². The lowest BCUT2D eigenvalue weighted by molar-refractivity contribution is -0.0626. The SMILES string of the molecule is Cc1nn(C)c(C)c1C(C)NCC1(O)CCOCC1. The van der Waals surface area contributed by atoms with Crippen LogP contribution >= 0.6 is 0 Å². The van der Waals surface area contributed by atoms with Gasteiger partial charge in [-0.2, -0.15) is 5.10 Å². The third-order valence-corrected chi connectivity index (χ3v) is 4.16. The maximum atomic E-state index is 10.4. The smallest absolute Gasteiger partial charge is 0.0815 e. The number of aromatic nitrogens is 2. The molecule has 0 bridgehead atoms. The van der Waals surface area contributed by atoms with Crippen molar-refractivity contribution in [3.8, 4) is 0 Å². The van der Waals surface area contributed by atoms with E-state index in [1.807, 2.05) is 18.7 Å². The molecule has 0 amide bonds. The van der Waals surface area contributed by atoms with Crippen LogP contribution < -0.4 is 5.32 Å². The molecule has 1 unspecified atom stereocenters. The van der Waals surface area contributed by atoms with E-state index in [1.165, 1.54) is 11.3 Å². The lowest BCUT2D eigenvalue weighted by Gasteiger charge is -2.33. The van der Waals surface area contributed by atoms with Crippen LogP contribution in [0.25, 0.3) is 0 Å². The number of hydrogen-bond donors (Lipinski definition) is 2. The summed E-state index contributed by atoms with van der Waals surface area (Å²) in [4.78, 5) is 0. The van der Waals surface area contributed by atoms with Crippen molar-refractivity contribution in [2.24, 2.45) is 7.05 Å². The highest BCUT2D eigenvalue weighted by molar-refractivity contribution is 5.27. The Morgan fingerprint density at radius 1 is 1.42 bits per heavy atom. The van der Waals surface area contributed by atoms with Crippen LogP contribution in [0.2, 0.25) is 0 Å². The summed E-state index contributed by atoms with van der Waals surface area (Å²) < 4.78 is 7.21. The highest BCUT2D eigenvalue weighted by atomic mass is 16.5. The lowest BCUT2D eigenvalue weighted by atomic mass is 9.93. The van der Waals surface area contributed by atoms with E-state index in [-0.39, 0.29) is 6.04 Å². The molecule has 5 heteroatoms. The molecule has 2 heterocycles. The van der Waals surface area contributed by atoms with Crippen molar-refractivity contribution in [2.45, 2.75) is 45.3 Å². The Labute approximate surface area is 115 Å². The standard InChI is InChI=1S/C14H25N3O2/c1-10(13-11(2)16-17(4)12(13)3)15-9-14(18)5-7-19-8-6-14/h10,15,18H,5-9H2,1-4H3. The fraction of sp³-hybridized carbons (Fsp3) is 0.786. The summed E-state index contributed by atoms with van der Waals surface area (Å²) in [6, 6.07) is 0.195. The van der Waals surface area contributed by atoms with Crippen LogP contribution in [-0.2, 0) is 11.8 Å². The van der Waals surface area contributed by atoms with Gasteiger partial charge in [0.05, 0.1) is 11.3 Å². The molecule has 1 aliphatic rings. The summed E-state index contributed by atoms with van der Waals surface area (Å²) >= 11 is 0. The molecule has 5 nitrogen and oxygen atoms in total. The van der Waals surface area contributed by atoms with Gasteiger partial charge >= 0.3 is 0 Å². The van der Waals surface area contributed by atoms with Crippen LogP contribution in [0, 0.1) is 13.8 Å². The molecular formula is C14H25N3O2. The molecule has 2 N–H and O–H groups in total. The first-order valence-corrected chi connectivity index (χ1v) is 6.96. The van der Waals surface area contributed by atoms with Gasteiger partial charge in [0.2, 0.25) is 0 Å². The van der Waals surface area contributed by atoms with E-state index >= 15 is 0 Å². The summed E-state index contributed by atoms with van der Waals surface area (Å²) in [5, 5.41) is 18.3. The molecule has 0 radical (unpaired) electrons. The largest absolute Gasteiger partial charge is 0.388 e. The van der Waals surface area contributed by atoms with Crippen molar-refractivity contribution in [3.05, 3.63) is 17.0 Å². The average Bonchev–Trinajstić information content (AvgIpc) is 2.62. The Hall–Kier alpha value is -0.910. The van der Waals surface area contributed by atoms with Crippen molar-refractivity contribution in [1.29, 1.82) is 0 Å². The van der Waals surface area contributed by atoms with Crippen molar-refractivity contribution < 1.29 is 9.84 Å². The van der Waals surface area contributed by atoms with Gasteiger partial charge in [0, 0.05) is 56.9 Å². The van der Waals surface area contributed by atoms with E-state index < -0.39 is 5.60 Å². The number of ether oxygens (including phenoxy) is 1. The summed E-state index contributed by atoms with van der Waals surface area (Å²) in [5.41, 5.74) is 2.84. The molecule has 1 atom stereocenters. The van der Waals surface area contributed by atoms with Crippen LogP contribution in [0.5, 0.6) is 0 Å². The first-order valence-electron chi connectivity index (χ1n) is 6.96. The molecule has 19 heavy (non-hydrogen) atoms. The molecule has 1 fully saturated rings. The van der Waals surface area contributed by atoms with E-state index in [0.717, 1.165) is 5.69 Å². The summed E-state index contributed by atoms with van der Waals surface area (Å²) in [6.07, 6.45) is 1.41. The Bertz CT molecular complexity index is 436. The average molecular weight is 267 g/mol. The van der Waals surface area contributed by atoms with Crippen LogP contribution in [0.15, 0.2) is 0 Å². The molecule has 0 spiro atoms. The normalized spacial score (nSPS) is 20.5. The Morgan fingerprint density at radius 2 is 2.05 bits per heavy atom. The number of rotatable bonds is 4. The first kappa shape index (κ1) is 14.5. The fourth-order valence-corrected chi connectivity index (χ4v) is 2.79. The Kier molecular flexibility index (Phi) is 4.28. The molecule has 0 aliphatic carbocycles. The highest BCUT2D eigenvalue weighted by Gasteiger charge is 2.30. The van der Waals surface area contributed by atoms with Gasteiger partial charge in [-0.3, -0.25) is 4.68 Å². The van der Waals surface area contributed by atoms with E-state index in [2.05, 4.69) is 24.3 Å². The van der Waals surface area contributed by atoms with Gasteiger partial charge in [-0.1, -0.05) is 0 Å². The van der Waals surface area contributed by atoms with Gasteiger partial charge in [-0.25, -0.2) is 0 Å². The molecular weight excluding hydrogens is 242 g/mol. The number of aryl methyl sites for hydroxylation is 2. The lowest BCUT2D eigenvalue weighted by Crippen LogP contribution is -2.45. The molecule has 1 aliphatic heterocycles. The van der Waals surface area contributed by atoms with E-state index in [9.17, 15) is 5.11 Å². The summed E-state index contributed by atoms with van der Waals surface area (Å²) in [5.74, 6) is 0. The fourth-order valence-electron chi connectivity index (χ4n) is 2.79. The predicted octanol–water partition coefficient (Wildman–Crippen LogP) is 1.23. The van der Waals surface area contributed by atoms with Gasteiger partial charge < -0.3 is 15.2 Å². The second-order valence-electron chi connectivity index (χ2n) is 5.65. The molecule has 0 aromatic carbocycles. The number of nitrogens with zero attached hydrogens (tertiary/aromatic N) is 2. The van der Waals surface area contributed by atoms with Crippen molar-refractivity contribution >= 4 is 0 Å². The zero-order chi connectivity index (χ0) is 14.0. The minimum Gasteiger partial charge on any atom is -0.388 e. The molecule has 1 aromatic heterocycles. The van der Waals surface area contributed by atoms with Crippen LogP contribution in [-0.4, -0.2) is 40.2 Å². The van der Waals surface area contributed by atoms with Gasteiger partial charge in [-0.15, -0.1) is 0 Å². The van der Waals surface area contributed by atoms with E-state index in [0.29, 0.717) is 32.6 Å². The molecule has 0 saturated carbocycles. The van der Waals surface area contributed by atoms with Gasteiger partial charge in [0.25, 0.3) is 0 Å². The van der Waals surface area contributed by atoms with Gasteiger partial charge in [0.1, 0.15) is 0 Å². The predicted molar refractivity (Wildman–Crippen MR) is 74.1 cm³/mol. The first-order chi connectivity index (χ1) is 8.93. The minimum atomic E-state index is -0.628. The topological polar surface area (TPSA) is 59.3 Å². The summed E-state index contributed by atoms with van der Waals surface area (Å²) in [7, 11) is 1.96. The van der Waals surface area contributed by atoms with E-state index in [1.54, 1.807) is 0 Å². The van der Waals surface area contributed by atoms with Crippen LogP contribution in [0.1, 0.15) is 42.8 Å². The van der Waals surface area contributed by atoms with Gasteiger partial charge in [-0.05, 0) is 20.8 Å². The second kappa shape index (κ2) is 5.61. The monoisotopic (exact) mass is 267 g/mol. The minimum absolute atomic E-state index is 0.195. The quantitative estimate of drug-likeness (QED) is 0.861. The zero-order valence-electron chi connectivity index (χ0n) is 12.4.